The number of amides is 1. The minimum Gasteiger partial charge on any atom is -0.481 e. The molecule has 3 rings (SSSR count). The lowest BCUT2D eigenvalue weighted by atomic mass is 9.94. The highest BCUT2D eigenvalue weighted by Gasteiger charge is 2.31. The van der Waals surface area contributed by atoms with E-state index in [0.717, 1.165) is 24.2 Å². The van der Waals surface area contributed by atoms with Crippen LogP contribution in [0.1, 0.15) is 48.8 Å². The number of hydrogen-bond acceptors (Lipinski definition) is 3. The number of hydrogen-bond donors (Lipinski definition) is 2. The third-order valence-corrected chi connectivity index (χ3v) is 4.23. The Balaban J connectivity index is 1.86. The summed E-state index contributed by atoms with van der Waals surface area (Å²) in [6, 6.07) is 11.3. The fourth-order valence-corrected chi connectivity index (χ4v) is 2.37. The number of para-hydroxylation sites is 1. The summed E-state index contributed by atoms with van der Waals surface area (Å²) in [5.74, 6) is -0.831. The Kier molecular flexibility index (Phi) is 4.13. The van der Waals surface area contributed by atoms with Crippen LogP contribution in [0.4, 0.5) is 0 Å². The molecule has 1 aromatic heterocycles. The second-order valence-electron chi connectivity index (χ2n) is 6.85. The molecule has 126 valence electrons. The zero-order chi connectivity index (χ0) is 17.3. The number of carbonyl (C=O) groups is 2. The van der Waals surface area contributed by atoms with Crippen LogP contribution >= 0.6 is 0 Å². The summed E-state index contributed by atoms with van der Waals surface area (Å²) >= 11 is 0. The van der Waals surface area contributed by atoms with Gasteiger partial charge in [-0.2, -0.15) is 5.10 Å². The summed E-state index contributed by atoms with van der Waals surface area (Å²) in [4.78, 5) is 23.8. The third-order valence-electron chi connectivity index (χ3n) is 4.23. The van der Waals surface area contributed by atoms with Gasteiger partial charge in [0, 0.05) is 12.5 Å². The van der Waals surface area contributed by atoms with Crippen molar-refractivity contribution in [1.82, 2.24) is 15.1 Å². The maximum atomic E-state index is 12.6. The van der Waals surface area contributed by atoms with E-state index >= 15 is 0 Å². The van der Waals surface area contributed by atoms with Crippen LogP contribution in [0.5, 0.6) is 0 Å². The molecule has 0 saturated heterocycles. The van der Waals surface area contributed by atoms with Gasteiger partial charge in [0.05, 0.1) is 16.8 Å². The molecular formula is C18H21N3O3. The smallest absolute Gasteiger partial charge is 0.310 e. The predicted molar refractivity (Wildman–Crippen MR) is 89.3 cm³/mol. The minimum absolute atomic E-state index is 0.0555. The molecule has 1 aromatic carbocycles. The molecule has 24 heavy (non-hydrogen) atoms. The van der Waals surface area contributed by atoms with Gasteiger partial charge in [-0.25, -0.2) is 4.68 Å². The number of benzene rings is 1. The van der Waals surface area contributed by atoms with E-state index in [1.807, 2.05) is 36.4 Å². The lowest BCUT2D eigenvalue weighted by Gasteiger charge is -2.19. The van der Waals surface area contributed by atoms with Crippen LogP contribution in [0.25, 0.3) is 5.69 Å². The van der Waals surface area contributed by atoms with Gasteiger partial charge in [-0.05, 0) is 44.9 Å². The molecule has 0 radical (unpaired) electrons. The second-order valence-corrected chi connectivity index (χ2v) is 6.85. The maximum absolute atomic E-state index is 12.6. The average Bonchev–Trinajstić information content (AvgIpc) is 3.32. The monoisotopic (exact) mass is 327 g/mol. The summed E-state index contributed by atoms with van der Waals surface area (Å²) in [7, 11) is 0. The van der Waals surface area contributed by atoms with Gasteiger partial charge < -0.3 is 10.4 Å². The van der Waals surface area contributed by atoms with E-state index in [2.05, 4.69) is 10.4 Å². The number of carbonyl (C=O) groups excluding carboxylic acids is 1. The fraction of sp³-hybridized carbons (Fsp3) is 0.389. The molecule has 6 nitrogen and oxygen atoms in total. The SMILES string of the molecule is CC(C)(CNC(=O)c1cc(C2CC2)nn1-c1ccccc1)C(=O)O. The number of carboxylic acid groups (broad SMARTS) is 1. The first kappa shape index (κ1) is 16.2. The van der Waals surface area contributed by atoms with Gasteiger partial charge in [-0.1, -0.05) is 18.2 Å². The van der Waals surface area contributed by atoms with Gasteiger partial charge >= 0.3 is 5.97 Å². The molecule has 2 N–H and O–H groups in total. The Morgan fingerprint density at radius 3 is 2.54 bits per heavy atom. The van der Waals surface area contributed by atoms with E-state index in [4.69, 9.17) is 0 Å². The summed E-state index contributed by atoms with van der Waals surface area (Å²) < 4.78 is 1.64. The van der Waals surface area contributed by atoms with Crippen LogP contribution in [-0.4, -0.2) is 33.3 Å². The molecule has 1 amide bonds. The molecule has 1 heterocycles. The Bertz CT molecular complexity index is 761. The molecule has 2 aromatic rings. The van der Waals surface area contributed by atoms with Crippen molar-refractivity contribution in [3.05, 3.63) is 47.8 Å². The molecular weight excluding hydrogens is 306 g/mol. The van der Waals surface area contributed by atoms with E-state index in [1.54, 1.807) is 18.5 Å². The van der Waals surface area contributed by atoms with Crippen molar-refractivity contribution < 1.29 is 14.7 Å². The van der Waals surface area contributed by atoms with E-state index in [0.29, 0.717) is 11.6 Å². The third kappa shape index (κ3) is 3.32. The van der Waals surface area contributed by atoms with E-state index in [-0.39, 0.29) is 12.5 Å². The average molecular weight is 327 g/mol. The van der Waals surface area contributed by atoms with Gasteiger partial charge in [0.2, 0.25) is 0 Å². The van der Waals surface area contributed by atoms with Crippen LogP contribution < -0.4 is 5.32 Å². The Morgan fingerprint density at radius 1 is 1.29 bits per heavy atom. The molecule has 0 aliphatic heterocycles. The first-order valence-corrected chi connectivity index (χ1v) is 8.05. The first-order valence-electron chi connectivity index (χ1n) is 8.05. The molecule has 1 saturated carbocycles. The molecule has 0 spiro atoms. The quantitative estimate of drug-likeness (QED) is 0.854. The first-order chi connectivity index (χ1) is 11.4. The van der Waals surface area contributed by atoms with Gasteiger partial charge in [0.1, 0.15) is 5.69 Å². The second kappa shape index (κ2) is 6.11. The maximum Gasteiger partial charge on any atom is 0.310 e. The largest absolute Gasteiger partial charge is 0.481 e. The fourth-order valence-electron chi connectivity index (χ4n) is 2.37. The van der Waals surface area contributed by atoms with Gasteiger partial charge in [-0.15, -0.1) is 0 Å². The van der Waals surface area contributed by atoms with Crippen molar-refractivity contribution in [2.45, 2.75) is 32.6 Å². The molecule has 0 unspecified atom stereocenters. The van der Waals surface area contributed by atoms with Crippen LogP contribution in [0, 0.1) is 5.41 Å². The van der Waals surface area contributed by atoms with Crippen LogP contribution in [-0.2, 0) is 4.79 Å². The number of aromatic nitrogens is 2. The zero-order valence-electron chi connectivity index (χ0n) is 13.8. The highest BCUT2D eigenvalue weighted by atomic mass is 16.4. The standard InChI is InChI=1S/C18H21N3O3/c1-18(2,17(23)24)11-19-16(22)15-10-14(12-8-9-12)20-21(15)13-6-4-3-5-7-13/h3-7,10,12H,8-9,11H2,1-2H3,(H,19,22)(H,23,24). The lowest BCUT2D eigenvalue weighted by Crippen LogP contribution is -2.39. The van der Waals surface area contributed by atoms with Crippen molar-refractivity contribution in [2.75, 3.05) is 6.54 Å². The van der Waals surface area contributed by atoms with Crippen molar-refractivity contribution >= 4 is 11.9 Å². The Morgan fingerprint density at radius 2 is 1.96 bits per heavy atom. The van der Waals surface area contributed by atoms with Crippen LogP contribution in [0.15, 0.2) is 36.4 Å². The predicted octanol–water partition coefficient (Wildman–Crippen LogP) is 2.59. The van der Waals surface area contributed by atoms with Gasteiger partial charge in [0.25, 0.3) is 5.91 Å². The number of carboxylic acids is 1. The zero-order valence-corrected chi connectivity index (χ0v) is 13.8. The van der Waals surface area contributed by atoms with Crippen LogP contribution in [0.2, 0.25) is 0 Å². The van der Waals surface area contributed by atoms with Crippen molar-refractivity contribution in [1.29, 1.82) is 0 Å². The van der Waals surface area contributed by atoms with Crippen LogP contribution in [0.3, 0.4) is 0 Å². The van der Waals surface area contributed by atoms with Crippen molar-refractivity contribution in [3.63, 3.8) is 0 Å². The van der Waals surface area contributed by atoms with Gasteiger partial charge in [-0.3, -0.25) is 9.59 Å². The summed E-state index contributed by atoms with van der Waals surface area (Å²) in [5, 5.41) is 16.5. The summed E-state index contributed by atoms with van der Waals surface area (Å²) in [5.41, 5.74) is 1.14. The van der Waals surface area contributed by atoms with Crippen molar-refractivity contribution in [2.24, 2.45) is 5.41 Å². The minimum atomic E-state index is -1.02. The van der Waals surface area contributed by atoms with Crippen molar-refractivity contribution in [3.8, 4) is 5.69 Å². The summed E-state index contributed by atoms with van der Waals surface area (Å²) in [6.45, 7) is 3.22. The normalized spacial score (nSPS) is 14.4. The number of rotatable bonds is 6. The van der Waals surface area contributed by atoms with E-state index < -0.39 is 11.4 Å². The number of nitrogens with one attached hydrogen (secondary N) is 1. The molecule has 1 aliphatic carbocycles. The highest BCUT2D eigenvalue weighted by Crippen LogP contribution is 2.39. The van der Waals surface area contributed by atoms with E-state index in [1.165, 1.54) is 0 Å². The molecule has 1 aliphatic rings. The number of aliphatic carboxylic acids is 1. The molecule has 1 fully saturated rings. The van der Waals surface area contributed by atoms with E-state index in [9.17, 15) is 14.7 Å². The Hall–Kier alpha value is -2.63. The van der Waals surface area contributed by atoms with Gasteiger partial charge in [0.15, 0.2) is 0 Å². The number of nitrogens with zero attached hydrogens (tertiary/aromatic N) is 2. The topological polar surface area (TPSA) is 84.2 Å². The molecule has 0 atom stereocenters. The lowest BCUT2D eigenvalue weighted by molar-refractivity contribution is -0.146. The summed E-state index contributed by atoms with van der Waals surface area (Å²) in [6.07, 6.45) is 2.19. The Labute approximate surface area is 140 Å². The molecule has 6 heteroatoms. The molecule has 0 bridgehead atoms. The highest BCUT2D eigenvalue weighted by molar-refractivity contribution is 5.93.